The summed E-state index contributed by atoms with van der Waals surface area (Å²) in [5.41, 5.74) is 5.03. The molecule has 2 N–H and O–H groups in total. The molecule has 0 unspecified atom stereocenters. The van der Waals surface area contributed by atoms with Gasteiger partial charge in [-0.2, -0.15) is 10.6 Å². The van der Waals surface area contributed by atoms with Crippen LogP contribution in [0.4, 0.5) is 5.69 Å². The summed E-state index contributed by atoms with van der Waals surface area (Å²) in [7, 11) is -1.68. The Bertz CT molecular complexity index is 1070. The number of carbonyl (C=O) groups excluding carboxylic acids is 1. The van der Waals surface area contributed by atoms with Crippen molar-refractivity contribution in [3.8, 4) is 11.3 Å². The Hall–Kier alpha value is -2.60. The van der Waals surface area contributed by atoms with Crippen LogP contribution in [0.5, 0.6) is 0 Å². The number of aromatic amines is 1. The number of fused-ring (bicyclic) bond motifs is 1. The van der Waals surface area contributed by atoms with Gasteiger partial charge < -0.3 is 18.9 Å². The average Bonchev–Trinajstić information content (AvgIpc) is 3.34. The molecule has 0 radical (unpaired) electrons. The molecule has 1 saturated heterocycles. The summed E-state index contributed by atoms with van der Waals surface area (Å²) in [5, 5.41) is 0.773. The van der Waals surface area contributed by atoms with E-state index in [0.29, 0.717) is 0 Å². The quantitative estimate of drug-likeness (QED) is 0.595. The van der Waals surface area contributed by atoms with Crippen molar-refractivity contribution in [3.63, 3.8) is 0 Å². The zero-order valence-electron chi connectivity index (χ0n) is 16.1. The molecule has 0 bridgehead atoms. The molecule has 2 atom stereocenters. The van der Waals surface area contributed by atoms with Gasteiger partial charge in [-0.15, -0.1) is 0 Å². The van der Waals surface area contributed by atoms with Crippen LogP contribution in [-0.2, 0) is 19.6 Å². The van der Waals surface area contributed by atoms with Crippen LogP contribution in [0.1, 0.15) is 31.1 Å². The van der Waals surface area contributed by atoms with Gasteiger partial charge in [0, 0.05) is 46.9 Å². The fourth-order valence-electron chi connectivity index (χ4n) is 3.95. The lowest BCUT2D eigenvalue weighted by Crippen LogP contribution is -2.22. The van der Waals surface area contributed by atoms with E-state index in [-0.39, 0.29) is 17.0 Å². The van der Waals surface area contributed by atoms with E-state index in [1.807, 2.05) is 43.3 Å². The van der Waals surface area contributed by atoms with Gasteiger partial charge in [0.2, 0.25) is 0 Å². The maximum absolute atomic E-state index is 11.8. The second-order valence-corrected chi connectivity index (χ2v) is 8.83. The fourth-order valence-corrected chi connectivity index (χ4v) is 4.34. The minimum absolute atomic E-state index is 0.0786. The molecule has 6 heteroatoms. The van der Waals surface area contributed by atoms with E-state index < -0.39 is 10.6 Å². The number of carbonyl (C=O) groups is 1. The molecule has 146 valence electrons. The van der Waals surface area contributed by atoms with Gasteiger partial charge in [-0.3, -0.25) is 4.79 Å². The van der Waals surface area contributed by atoms with Crippen molar-refractivity contribution in [1.82, 2.24) is 4.98 Å². The van der Waals surface area contributed by atoms with Crippen LogP contribution in [0.15, 0.2) is 48.5 Å². The normalized spacial score (nSPS) is 18.1. The van der Waals surface area contributed by atoms with Crippen LogP contribution < -0.4 is 4.90 Å². The average molecular weight is 395 g/mol. The van der Waals surface area contributed by atoms with Crippen LogP contribution >= 0.6 is 0 Å². The molecule has 28 heavy (non-hydrogen) atoms. The van der Waals surface area contributed by atoms with Crippen LogP contribution in [0, 0.1) is 10.7 Å². The number of nitrogens with zero attached hydrogens (tertiary/aromatic N) is 1. The highest BCUT2D eigenvalue weighted by Gasteiger charge is 2.27. The smallest absolute Gasteiger partial charge is 0.134 e. The minimum atomic E-state index is -1.68. The van der Waals surface area contributed by atoms with Crippen LogP contribution in [0.3, 0.4) is 0 Å². The van der Waals surface area contributed by atoms with Crippen molar-refractivity contribution in [1.29, 1.82) is 4.78 Å². The highest BCUT2D eigenvalue weighted by molar-refractivity contribution is 7.73. The number of benzene rings is 2. The Morgan fingerprint density at radius 3 is 2.71 bits per heavy atom. The number of aromatic nitrogens is 1. The molecule has 2 aromatic carbocycles. The van der Waals surface area contributed by atoms with Gasteiger partial charge in [-0.1, -0.05) is 42.0 Å². The van der Waals surface area contributed by atoms with Crippen molar-refractivity contribution in [2.45, 2.75) is 25.5 Å². The molecule has 1 aliphatic rings. The Morgan fingerprint density at radius 2 is 2.04 bits per heavy atom. The molecular weight excluding hydrogens is 370 g/mol. The SMILES string of the molecule is CC(=O)[C@H]1CCN(c2ccc([C@@H](C)[S-](=N)=O)cc2-c2cc3ccccc3[nH]2)C1. The van der Waals surface area contributed by atoms with Crippen molar-refractivity contribution >= 4 is 33.0 Å². The molecule has 0 aliphatic carbocycles. The first-order valence-corrected chi connectivity index (χ1v) is 10.7. The van der Waals surface area contributed by atoms with E-state index in [1.165, 1.54) is 0 Å². The summed E-state index contributed by atoms with van der Waals surface area (Å²) < 4.78 is 19.3. The van der Waals surface area contributed by atoms with Crippen molar-refractivity contribution in [2.24, 2.45) is 5.92 Å². The Labute approximate surface area is 166 Å². The number of nitrogens with one attached hydrogen (secondary N) is 2. The van der Waals surface area contributed by atoms with Crippen LogP contribution in [0.2, 0.25) is 0 Å². The van der Waals surface area contributed by atoms with E-state index >= 15 is 0 Å². The standard InChI is InChI=1S/C22H24N3O2S/c1-14(26)18-9-10-25(13-18)22-8-7-16(15(2)28(23)27)11-19(22)21-12-17-5-3-4-6-20(17)24-21/h3-8,11-12,15,18,23-24H,9-10,13H2,1-2H3/q-1/t15-,18+/m1/s1. The van der Waals surface area contributed by atoms with E-state index in [1.54, 1.807) is 6.92 Å². The third-order valence-corrected chi connectivity index (χ3v) is 6.65. The molecule has 1 aliphatic heterocycles. The monoisotopic (exact) mass is 394 g/mol. The predicted molar refractivity (Wildman–Crippen MR) is 114 cm³/mol. The second-order valence-electron chi connectivity index (χ2n) is 7.53. The summed E-state index contributed by atoms with van der Waals surface area (Å²) in [4.78, 5) is 17.6. The molecule has 5 nitrogen and oxygen atoms in total. The van der Waals surface area contributed by atoms with Crippen molar-refractivity contribution in [2.75, 3.05) is 18.0 Å². The number of Topliss-reactive ketones (excluding diaryl/α,β-unsaturated/α-hetero) is 1. The number of para-hydroxylation sites is 1. The molecule has 0 spiro atoms. The van der Waals surface area contributed by atoms with Crippen LogP contribution in [0.25, 0.3) is 22.2 Å². The van der Waals surface area contributed by atoms with Gasteiger partial charge >= 0.3 is 0 Å². The maximum atomic E-state index is 11.8. The number of rotatable bonds is 5. The van der Waals surface area contributed by atoms with Gasteiger partial charge in [0.05, 0.1) is 0 Å². The van der Waals surface area contributed by atoms with Gasteiger partial charge in [0.25, 0.3) is 0 Å². The Balaban J connectivity index is 1.82. The van der Waals surface area contributed by atoms with Gasteiger partial charge in [-0.05, 0) is 37.6 Å². The van der Waals surface area contributed by atoms with Crippen LogP contribution in [-0.4, -0.2) is 23.9 Å². The zero-order chi connectivity index (χ0) is 19.8. The summed E-state index contributed by atoms with van der Waals surface area (Å²) in [6.07, 6.45) is 0.871. The molecular formula is C22H24N3O2S-. The second kappa shape index (κ2) is 7.43. The van der Waals surface area contributed by atoms with E-state index in [0.717, 1.165) is 52.9 Å². The summed E-state index contributed by atoms with van der Waals surface area (Å²) in [5.74, 6) is 0.319. The highest BCUT2D eigenvalue weighted by atomic mass is 32.2. The number of hydrogen-bond donors (Lipinski definition) is 2. The van der Waals surface area contributed by atoms with Gasteiger partial charge in [-0.25, -0.2) is 0 Å². The lowest BCUT2D eigenvalue weighted by Gasteiger charge is -2.24. The summed E-state index contributed by atoms with van der Waals surface area (Å²) >= 11 is 0. The third kappa shape index (κ3) is 3.44. The maximum Gasteiger partial charge on any atom is 0.134 e. The van der Waals surface area contributed by atoms with E-state index in [4.69, 9.17) is 4.78 Å². The lowest BCUT2D eigenvalue weighted by atomic mass is 10.0. The molecule has 0 amide bonds. The summed E-state index contributed by atoms with van der Waals surface area (Å²) in [6.45, 7) is 5.05. The topological polar surface area (TPSA) is 77.0 Å². The molecule has 0 saturated carbocycles. The fraction of sp³-hybridized carbons (Fsp3) is 0.318. The third-order valence-electron chi connectivity index (χ3n) is 5.74. The van der Waals surface area contributed by atoms with E-state index in [9.17, 15) is 9.00 Å². The van der Waals surface area contributed by atoms with Gasteiger partial charge in [0.15, 0.2) is 0 Å². The number of anilines is 1. The molecule has 3 aromatic rings. The lowest BCUT2D eigenvalue weighted by molar-refractivity contribution is -0.120. The highest BCUT2D eigenvalue weighted by Crippen LogP contribution is 2.37. The summed E-state index contributed by atoms with van der Waals surface area (Å²) in [6, 6.07) is 16.3. The first kappa shape index (κ1) is 18.7. The molecule has 1 aromatic heterocycles. The first-order valence-electron chi connectivity index (χ1n) is 9.53. The molecule has 1 fully saturated rings. The minimum Gasteiger partial charge on any atom is -0.444 e. The molecule has 2 heterocycles. The predicted octanol–water partition coefficient (Wildman–Crippen LogP) is 5.04. The molecule has 4 rings (SSSR count). The van der Waals surface area contributed by atoms with Gasteiger partial charge in [0.1, 0.15) is 5.78 Å². The van der Waals surface area contributed by atoms with E-state index in [2.05, 4.69) is 22.0 Å². The number of hydrogen-bond acceptors (Lipinski definition) is 5. The number of ketones is 1. The van der Waals surface area contributed by atoms with Crippen molar-refractivity contribution in [3.05, 3.63) is 54.1 Å². The Morgan fingerprint density at radius 1 is 1.25 bits per heavy atom. The largest absolute Gasteiger partial charge is 0.444 e. The van der Waals surface area contributed by atoms with Crippen molar-refractivity contribution < 1.29 is 9.00 Å². The first-order chi connectivity index (χ1) is 13.4. The number of H-pyrrole nitrogens is 1. The zero-order valence-corrected chi connectivity index (χ0v) is 16.9. The Kier molecular flexibility index (Phi) is 4.98.